The van der Waals surface area contributed by atoms with Gasteiger partial charge < -0.3 is 14.4 Å². The molecule has 0 unspecified atom stereocenters. The average molecular weight is 173 g/mol. The van der Waals surface area contributed by atoms with Crippen LogP contribution in [0.25, 0.3) is 0 Å². The molecule has 70 valence electrons. The lowest BCUT2D eigenvalue weighted by Crippen LogP contribution is -2.50. The van der Waals surface area contributed by atoms with Gasteiger partial charge in [-0.05, 0) is 13.8 Å². The lowest BCUT2D eigenvalue weighted by molar-refractivity contribution is -0.0550. The molecule has 0 aliphatic carbocycles. The van der Waals surface area contributed by atoms with Gasteiger partial charge in [0.15, 0.2) is 0 Å². The first-order chi connectivity index (χ1) is 5.61. The second-order valence-corrected chi connectivity index (χ2v) is 3.23. The van der Waals surface area contributed by atoms with Gasteiger partial charge in [-0.15, -0.1) is 0 Å². The van der Waals surface area contributed by atoms with Crippen LogP contribution >= 0.6 is 0 Å². The van der Waals surface area contributed by atoms with Crippen molar-refractivity contribution in [3.8, 4) is 0 Å². The maximum Gasteiger partial charge on any atom is 0.410 e. The van der Waals surface area contributed by atoms with Crippen molar-refractivity contribution >= 4 is 6.09 Å². The van der Waals surface area contributed by atoms with Gasteiger partial charge >= 0.3 is 6.09 Å². The Morgan fingerprint density at radius 1 is 1.58 bits per heavy atom. The Hall–Kier alpha value is -0.770. The third-order valence-electron chi connectivity index (χ3n) is 1.79. The Labute approximate surface area is 72.4 Å². The molecule has 0 atom stereocenters. The first-order valence-electron chi connectivity index (χ1n) is 4.12. The third-order valence-corrected chi connectivity index (χ3v) is 1.79. The van der Waals surface area contributed by atoms with Gasteiger partial charge in [-0.3, -0.25) is 0 Å². The monoisotopic (exact) mass is 173 g/mol. The highest BCUT2D eigenvalue weighted by atomic mass is 16.6. The molecule has 0 aromatic rings. The van der Waals surface area contributed by atoms with Crippen molar-refractivity contribution < 1.29 is 14.3 Å². The molecule has 1 heterocycles. The summed E-state index contributed by atoms with van der Waals surface area (Å²) in [6.45, 7) is 4.93. The molecule has 4 heteroatoms. The summed E-state index contributed by atoms with van der Waals surface area (Å²) in [5.41, 5.74) is 0. The SMILES string of the molecule is CC(C)OC(=O)N(C)C1COC1. The number of hydrogen-bond acceptors (Lipinski definition) is 3. The van der Waals surface area contributed by atoms with Crippen molar-refractivity contribution in [2.45, 2.75) is 26.0 Å². The maximum atomic E-state index is 11.2. The quantitative estimate of drug-likeness (QED) is 0.621. The molecule has 1 rings (SSSR count). The molecule has 0 aromatic heterocycles. The van der Waals surface area contributed by atoms with E-state index in [0.717, 1.165) is 0 Å². The first-order valence-corrected chi connectivity index (χ1v) is 4.12. The van der Waals surface area contributed by atoms with Crippen LogP contribution in [0.3, 0.4) is 0 Å². The van der Waals surface area contributed by atoms with Gasteiger partial charge in [-0.25, -0.2) is 4.79 Å². The fourth-order valence-corrected chi connectivity index (χ4v) is 0.881. The van der Waals surface area contributed by atoms with Crippen LogP contribution in [-0.2, 0) is 9.47 Å². The van der Waals surface area contributed by atoms with E-state index in [0.29, 0.717) is 13.2 Å². The molecule has 1 aliphatic heterocycles. The second kappa shape index (κ2) is 3.76. The average Bonchev–Trinajstić information content (AvgIpc) is 1.81. The fraction of sp³-hybridized carbons (Fsp3) is 0.875. The van der Waals surface area contributed by atoms with E-state index in [2.05, 4.69) is 0 Å². The van der Waals surface area contributed by atoms with Crippen LogP contribution in [-0.4, -0.2) is 43.4 Å². The van der Waals surface area contributed by atoms with E-state index in [9.17, 15) is 4.79 Å². The summed E-state index contributed by atoms with van der Waals surface area (Å²) in [6, 6.07) is 0.205. The van der Waals surface area contributed by atoms with E-state index in [1.165, 1.54) is 0 Å². The molecule has 0 saturated carbocycles. The van der Waals surface area contributed by atoms with E-state index in [4.69, 9.17) is 9.47 Å². The highest BCUT2D eigenvalue weighted by Crippen LogP contribution is 2.09. The van der Waals surface area contributed by atoms with Crippen LogP contribution in [0.15, 0.2) is 0 Å². The molecule has 0 bridgehead atoms. The zero-order valence-corrected chi connectivity index (χ0v) is 7.74. The Bertz CT molecular complexity index is 166. The Kier molecular flexibility index (Phi) is 2.92. The zero-order chi connectivity index (χ0) is 9.14. The molecule has 0 spiro atoms. The number of carbonyl (C=O) groups is 1. The molecule has 12 heavy (non-hydrogen) atoms. The second-order valence-electron chi connectivity index (χ2n) is 3.23. The molecule has 4 nitrogen and oxygen atoms in total. The minimum absolute atomic E-state index is 0.0547. The van der Waals surface area contributed by atoms with Gasteiger partial charge in [0.25, 0.3) is 0 Å². The number of amides is 1. The minimum atomic E-state index is -0.265. The van der Waals surface area contributed by atoms with Gasteiger partial charge in [-0.1, -0.05) is 0 Å². The van der Waals surface area contributed by atoms with Gasteiger partial charge in [0.05, 0.1) is 25.4 Å². The molecular formula is C8H15NO3. The number of rotatable bonds is 2. The molecule has 0 aromatic carbocycles. The van der Waals surface area contributed by atoms with Crippen LogP contribution in [0.1, 0.15) is 13.8 Å². The first kappa shape index (κ1) is 9.32. The van der Waals surface area contributed by atoms with Crippen LogP contribution < -0.4 is 0 Å². The lowest BCUT2D eigenvalue weighted by atomic mass is 10.2. The predicted octanol–water partition coefficient (Wildman–Crippen LogP) is 0.862. The third kappa shape index (κ3) is 2.11. The Morgan fingerprint density at radius 2 is 2.17 bits per heavy atom. The normalized spacial score (nSPS) is 17.3. The summed E-state index contributed by atoms with van der Waals surface area (Å²) < 4.78 is 9.96. The Balaban J connectivity index is 2.30. The summed E-state index contributed by atoms with van der Waals surface area (Å²) in [5.74, 6) is 0. The van der Waals surface area contributed by atoms with Gasteiger partial charge in [0, 0.05) is 7.05 Å². The van der Waals surface area contributed by atoms with Gasteiger partial charge in [0.1, 0.15) is 0 Å². The van der Waals surface area contributed by atoms with E-state index in [1.54, 1.807) is 11.9 Å². The Morgan fingerprint density at radius 3 is 2.50 bits per heavy atom. The van der Waals surface area contributed by atoms with Crippen LogP contribution in [0.5, 0.6) is 0 Å². The number of ether oxygens (including phenoxy) is 2. The molecule has 1 saturated heterocycles. The van der Waals surface area contributed by atoms with Crippen molar-refractivity contribution in [3.63, 3.8) is 0 Å². The van der Waals surface area contributed by atoms with Gasteiger partial charge in [-0.2, -0.15) is 0 Å². The van der Waals surface area contributed by atoms with Crippen molar-refractivity contribution in [1.29, 1.82) is 0 Å². The standard InChI is InChI=1S/C8H15NO3/c1-6(2)12-8(10)9(3)7-4-11-5-7/h6-7H,4-5H2,1-3H3. The maximum absolute atomic E-state index is 11.2. The number of nitrogens with zero attached hydrogens (tertiary/aromatic N) is 1. The smallest absolute Gasteiger partial charge is 0.410 e. The van der Waals surface area contributed by atoms with E-state index >= 15 is 0 Å². The molecule has 1 amide bonds. The molecule has 1 aliphatic rings. The molecule has 0 radical (unpaired) electrons. The fourth-order valence-electron chi connectivity index (χ4n) is 0.881. The van der Waals surface area contributed by atoms with Crippen LogP contribution in [0, 0.1) is 0 Å². The minimum Gasteiger partial charge on any atom is -0.447 e. The topological polar surface area (TPSA) is 38.8 Å². The van der Waals surface area contributed by atoms with Crippen molar-refractivity contribution in [3.05, 3.63) is 0 Å². The molecular weight excluding hydrogens is 158 g/mol. The van der Waals surface area contributed by atoms with E-state index < -0.39 is 0 Å². The summed E-state index contributed by atoms with van der Waals surface area (Å²) in [5, 5.41) is 0. The predicted molar refractivity (Wildman–Crippen MR) is 44.0 cm³/mol. The number of hydrogen-bond donors (Lipinski definition) is 0. The summed E-state index contributed by atoms with van der Waals surface area (Å²) in [6.07, 6.45) is -0.320. The molecule has 0 N–H and O–H groups in total. The van der Waals surface area contributed by atoms with E-state index in [-0.39, 0.29) is 18.2 Å². The lowest BCUT2D eigenvalue weighted by Gasteiger charge is -2.34. The van der Waals surface area contributed by atoms with Crippen molar-refractivity contribution in [2.75, 3.05) is 20.3 Å². The number of carbonyl (C=O) groups excluding carboxylic acids is 1. The summed E-state index contributed by atoms with van der Waals surface area (Å²) in [7, 11) is 1.73. The zero-order valence-electron chi connectivity index (χ0n) is 7.74. The highest BCUT2D eigenvalue weighted by molar-refractivity contribution is 5.67. The largest absolute Gasteiger partial charge is 0.447 e. The summed E-state index contributed by atoms with van der Waals surface area (Å²) >= 11 is 0. The van der Waals surface area contributed by atoms with Crippen molar-refractivity contribution in [2.24, 2.45) is 0 Å². The number of likely N-dealkylation sites (N-methyl/N-ethyl adjacent to an activating group) is 1. The van der Waals surface area contributed by atoms with Crippen LogP contribution in [0.4, 0.5) is 4.79 Å². The highest BCUT2D eigenvalue weighted by Gasteiger charge is 2.27. The van der Waals surface area contributed by atoms with Crippen molar-refractivity contribution in [1.82, 2.24) is 4.90 Å². The van der Waals surface area contributed by atoms with E-state index in [1.807, 2.05) is 13.8 Å². The van der Waals surface area contributed by atoms with Crippen LogP contribution in [0.2, 0.25) is 0 Å². The summed E-state index contributed by atoms with van der Waals surface area (Å²) in [4.78, 5) is 12.8. The van der Waals surface area contributed by atoms with Gasteiger partial charge in [0.2, 0.25) is 0 Å². The molecule has 1 fully saturated rings.